The number of aromatic nitrogens is 2. The zero-order valence-corrected chi connectivity index (χ0v) is 8.66. The summed E-state index contributed by atoms with van der Waals surface area (Å²) in [5, 5.41) is 14.6. The number of ether oxygens (including phenoxy) is 1. The quantitative estimate of drug-likeness (QED) is 0.720. The molecule has 0 bridgehead atoms. The summed E-state index contributed by atoms with van der Waals surface area (Å²) in [7, 11) is 1.86. The second-order valence-electron chi connectivity index (χ2n) is 3.99. The van der Waals surface area contributed by atoms with E-state index in [1.54, 1.807) is 4.68 Å². The van der Waals surface area contributed by atoms with Crippen molar-refractivity contribution >= 4 is 0 Å². The van der Waals surface area contributed by atoms with Crippen LogP contribution in [0.25, 0.3) is 0 Å². The molecule has 0 amide bonds. The van der Waals surface area contributed by atoms with Gasteiger partial charge in [0.15, 0.2) is 0 Å². The summed E-state index contributed by atoms with van der Waals surface area (Å²) in [5.41, 5.74) is 0.969. The van der Waals surface area contributed by atoms with Crippen molar-refractivity contribution in [2.24, 2.45) is 7.05 Å². The average Bonchev–Trinajstić information content (AvgIpc) is 2.47. The molecule has 1 unspecified atom stereocenters. The van der Waals surface area contributed by atoms with E-state index in [2.05, 4.69) is 5.10 Å². The summed E-state index contributed by atoms with van der Waals surface area (Å²) in [6.45, 7) is 3.06. The van der Waals surface area contributed by atoms with Gasteiger partial charge in [-0.1, -0.05) is 0 Å². The second kappa shape index (κ2) is 3.37. The highest BCUT2D eigenvalue weighted by Crippen LogP contribution is 2.31. The number of aliphatic hydroxyl groups is 1. The first kappa shape index (κ1) is 9.68. The Kier molecular flexibility index (Phi) is 2.33. The topological polar surface area (TPSA) is 47.3 Å². The SMILES string of the molecule is Cc1nn(C)cc1C1(O)CCCOC1. The van der Waals surface area contributed by atoms with E-state index in [9.17, 15) is 5.11 Å². The van der Waals surface area contributed by atoms with E-state index < -0.39 is 5.60 Å². The summed E-state index contributed by atoms with van der Waals surface area (Å²) >= 11 is 0. The van der Waals surface area contributed by atoms with Crippen LogP contribution in [-0.4, -0.2) is 28.1 Å². The molecule has 1 N–H and O–H groups in total. The smallest absolute Gasteiger partial charge is 0.116 e. The molecule has 0 radical (unpaired) electrons. The lowest BCUT2D eigenvalue weighted by molar-refractivity contribution is -0.0906. The number of hydrogen-bond acceptors (Lipinski definition) is 3. The van der Waals surface area contributed by atoms with E-state index in [1.165, 1.54) is 0 Å². The molecule has 1 aliphatic rings. The minimum atomic E-state index is -0.823. The van der Waals surface area contributed by atoms with E-state index in [1.807, 2.05) is 20.2 Å². The summed E-state index contributed by atoms with van der Waals surface area (Å²) < 4.78 is 7.05. The number of rotatable bonds is 1. The molecule has 1 fully saturated rings. The second-order valence-corrected chi connectivity index (χ2v) is 3.99. The van der Waals surface area contributed by atoms with Crippen LogP contribution in [-0.2, 0) is 17.4 Å². The molecule has 2 heterocycles. The normalized spacial score (nSPS) is 27.9. The Morgan fingerprint density at radius 3 is 2.93 bits per heavy atom. The average molecular weight is 196 g/mol. The fourth-order valence-electron chi connectivity index (χ4n) is 2.05. The van der Waals surface area contributed by atoms with E-state index in [0.29, 0.717) is 6.61 Å². The van der Waals surface area contributed by atoms with Crippen molar-refractivity contribution in [2.75, 3.05) is 13.2 Å². The van der Waals surface area contributed by atoms with Gasteiger partial charge in [0.2, 0.25) is 0 Å². The maximum atomic E-state index is 10.4. The van der Waals surface area contributed by atoms with Gasteiger partial charge in [-0.3, -0.25) is 4.68 Å². The van der Waals surface area contributed by atoms with Crippen molar-refractivity contribution in [3.8, 4) is 0 Å². The molecule has 14 heavy (non-hydrogen) atoms. The van der Waals surface area contributed by atoms with Gasteiger partial charge in [-0.15, -0.1) is 0 Å². The lowest BCUT2D eigenvalue weighted by Crippen LogP contribution is -2.36. The van der Waals surface area contributed by atoms with Crippen molar-refractivity contribution in [3.05, 3.63) is 17.5 Å². The highest BCUT2D eigenvalue weighted by molar-refractivity contribution is 5.24. The van der Waals surface area contributed by atoms with E-state index in [4.69, 9.17) is 4.74 Å². The molecular weight excluding hydrogens is 180 g/mol. The predicted molar refractivity (Wildman–Crippen MR) is 51.9 cm³/mol. The maximum absolute atomic E-state index is 10.4. The summed E-state index contributed by atoms with van der Waals surface area (Å²) in [4.78, 5) is 0. The molecule has 0 aromatic carbocycles. The third-order valence-corrected chi connectivity index (χ3v) is 2.73. The minimum Gasteiger partial charge on any atom is -0.383 e. The monoisotopic (exact) mass is 196 g/mol. The van der Waals surface area contributed by atoms with Crippen LogP contribution in [0.4, 0.5) is 0 Å². The molecule has 1 aromatic heterocycles. The molecule has 0 saturated carbocycles. The summed E-state index contributed by atoms with van der Waals surface area (Å²) in [6.07, 6.45) is 3.55. The minimum absolute atomic E-state index is 0.388. The van der Waals surface area contributed by atoms with Crippen molar-refractivity contribution in [3.63, 3.8) is 0 Å². The van der Waals surface area contributed by atoms with Crippen molar-refractivity contribution in [2.45, 2.75) is 25.4 Å². The third-order valence-electron chi connectivity index (χ3n) is 2.73. The van der Waals surface area contributed by atoms with Crippen LogP contribution in [0.2, 0.25) is 0 Å². The fourth-order valence-corrected chi connectivity index (χ4v) is 2.05. The molecule has 1 atom stereocenters. The van der Waals surface area contributed by atoms with Gasteiger partial charge in [-0.05, 0) is 19.8 Å². The molecule has 2 rings (SSSR count). The van der Waals surface area contributed by atoms with E-state index in [-0.39, 0.29) is 0 Å². The molecule has 0 aliphatic carbocycles. The van der Waals surface area contributed by atoms with Gasteiger partial charge >= 0.3 is 0 Å². The van der Waals surface area contributed by atoms with Gasteiger partial charge in [-0.2, -0.15) is 5.10 Å². The van der Waals surface area contributed by atoms with Crippen molar-refractivity contribution in [1.29, 1.82) is 0 Å². The molecule has 4 heteroatoms. The Bertz CT molecular complexity index is 327. The largest absolute Gasteiger partial charge is 0.383 e. The van der Waals surface area contributed by atoms with Crippen LogP contribution in [0.15, 0.2) is 6.20 Å². The Labute approximate surface area is 83.5 Å². The Morgan fingerprint density at radius 2 is 2.43 bits per heavy atom. The molecule has 1 aliphatic heterocycles. The van der Waals surface area contributed by atoms with Crippen molar-refractivity contribution in [1.82, 2.24) is 9.78 Å². The van der Waals surface area contributed by atoms with Crippen LogP contribution in [0, 0.1) is 6.92 Å². The Hall–Kier alpha value is -0.870. The first-order valence-corrected chi connectivity index (χ1v) is 4.93. The molecule has 1 aromatic rings. The molecule has 0 spiro atoms. The molecule has 1 saturated heterocycles. The van der Waals surface area contributed by atoms with Crippen LogP contribution in [0.3, 0.4) is 0 Å². The van der Waals surface area contributed by atoms with Crippen LogP contribution < -0.4 is 0 Å². The summed E-state index contributed by atoms with van der Waals surface area (Å²) in [5.74, 6) is 0. The van der Waals surface area contributed by atoms with E-state index >= 15 is 0 Å². The highest BCUT2D eigenvalue weighted by atomic mass is 16.5. The molecule has 78 valence electrons. The van der Waals surface area contributed by atoms with E-state index in [0.717, 1.165) is 30.7 Å². The lowest BCUT2D eigenvalue weighted by Gasteiger charge is -2.31. The molecule has 4 nitrogen and oxygen atoms in total. The van der Waals surface area contributed by atoms with Gasteiger partial charge < -0.3 is 9.84 Å². The van der Waals surface area contributed by atoms with Gasteiger partial charge in [-0.25, -0.2) is 0 Å². The Morgan fingerprint density at radius 1 is 1.64 bits per heavy atom. The number of nitrogens with zero attached hydrogens (tertiary/aromatic N) is 2. The Balaban J connectivity index is 2.32. The summed E-state index contributed by atoms with van der Waals surface area (Å²) in [6, 6.07) is 0. The lowest BCUT2D eigenvalue weighted by atomic mass is 9.89. The fraction of sp³-hybridized carbons (Fsp3) is 0.700. The van der Waals surface area contributed by atoms with Gasteiger partial charge in [0.1, 0.15) is 5.60 Å². The number of hydrogen-bond donors (Lipinski definition) is 1. The van der Waals surface area contributed by atoms with Gasteiger partial charge in [0.25, 0.3) is 0 Å². The standard InChI is InChI=1S/C10H16N2O2/c1-8-9(6-12(2)11-8)10(13)4-3-5-14-7-10/h6,13H,3-5,7H2,1-2H3. The highest BCUT2D eigenvalue weighted by Gasteiger charge is 2.34. The van der Waals surface area contributed by atoms with Crippen molar-refractivity contribution < 1.29 is 9.84 Å². The van der Waals surface area contributed by atoms with Crippen LogP contribution in [0.1, 0.15) is 24.1 Å². The molecular formula is C10H16N2O2. The zero-order chi connectivity index (χ0) is 10.2. The van der Waals surface area contributed by atoms with Gasteiger partial charge in [0, 0.05) is 25.4 Å². The predicted octanol–water partition coefficient (Wildman–Crippen LogP) is 0.727. The van der Waals surface area contributed by atoms with Crippen LogP contribution >= 0.6 is 0 Å². The zero-order valence-electron chi connectivity index (χ0n) is 8.66. The number of aryl methyl sites for hydroxylation is 2. The first-order valence-electron chi connectivity index (χ1n) is 4.93. The maximum Gasteiger partial charge on any atom is 0.116 e. The first-order chi connectivity index (χ1) is 6.62. The third kappa shape index (κ3) is 1.55. The van der Waals surface area contributed by atoms with Crippen LogP contribution in [0.5, 0.6) is 0 Å². The van der Waals surface area contributed by atoms with Gasteiger partial charge in [0.05, 0.1) is 12.3 Å².